The second kappa shape index (κ2) is 6.54. The molecule has 1 N–H and O–H groups in total. The van der Waals surface area contributed by atoms with E-state index in [-0.39, 0.29) is 17.1 Å². The van der Waals surface area contributed by atoms with Crippen molar-refractivity contribution in [1.29, 1.82) is 0 Å². The van der Waals surface area contributed by atoms with Gasteiger partial charge in [-0.25, -0.2) is 4.79 Å². The largest absolute Gasteiger partial charge is 0.507 e. The molecule has 4 heteroatoms. The third-order valence-corrected chi connectivity index (χ3v) is 2.32. The summed E-state index contributed by atoms with van der Waals surface area (Å²) in [4.78, 5) is 22.9. The van der Waals surface area contributed by atoms with Crippen molar-refractivity contribution in [3.8, 4) is 5.75 Å². The van der Waals surface area contributed by atoms with E-state index in [9.17, 15) is 14.7 Å². The molecule has 0 aliphatic rings. The summed E-state index contributed by atoms with van der Waals surface area (Å²) in [6.45, 7) is 3.60. The predicted octanol–water partition coefficient (Wildman–Crippen LogP) is 2.73. The monoisotopic (exact) mass is 260 g/mol. The zero-order valence-corrected chi connectivity index (χ0v) is 11.1. The first-order valence-electron chi connectivity index (χ1n) is 5.72. The lowest BCUT2D eigenvalue weighted by Crippen LogP contribution is -1.97. The standard InChI is InChI=1S/C15H16O4/c1-10(2)8-14(17)12-9-11(4-6-13(12)16)5-7-15(18)19-3/h4-9,16H,1-3H3. The van der Waals surface area contributed by atoms with Crippen molar-refractivity contribution in [3.05, 3.63) is 47.1 Å². The minimum absolute atomic E-state index is 0.0854. The van der Waals surface area contributed by atoms with Gasteiger partial charge in [-0.1, -0.05) is 11.6 Å². The maximum Gasteiger partial charge on any atom is 0.330 e. The number of aromatic hydroxyl groups is 1. The van der Waals surface area contributed by atoms with E-state index < -0.39 is 5.97 Å². The average molecular weight is 260 g/mol. The predicted molar refractivity (Wildman–Crippen MR) is 72.9 cm³/mol. The van der Waals surface area contributed by atoms with Crippen molar-refractivity contribution < 1.29 is 19.4 Å². The molecular formula is C15H16O4. The number of rotatable bonds is 4. The first kappa shape index (κ1) is 14.7. The molecule has 4 nitrogen and oxygen atoms in total. The molecular weight excluding hydrogens is 244 g/mol. The highest BCUT2D eigenvalue weighted by Crippen LogP contribution is 2.20. The van der Waals surface area contributed by atoms with Crippen LogP contribution in [0.5, 0.6) is 5.75 Å². The zero-order valence-electron chi connectivity index (χ0n) is 11.1. The van der Waals surface area contributed by atoms with Crippen LogP contribution in [0, 0.1) is 0 Å². The first-order valence-corrected chi connectivity index (χ1v) is 5.72. The van der Waals surface area contributed by atoms with Crippen LogP contribution in [0.1, 0.15) is 29.8 Å². The van der Waals surface area contributed by atoms with Crippen molar-refractivity contribution in [2.24, 2.45) is 0 Å². The lowest BCUT2D eigenvalue weighted by molar-refractivity contribution is -0.134. The summed E-state index contributed by atoms with van der Waals surface area (Å²) in [5, 5.41) is 9.68. The van der Waals surface area contributed by atoms with Gasteiger partial charge in [0, 0.05) is 6.08 Å². The number of phenols is 1. The van der Waals surface area contributed by atoms with Crippen LogP contribution in [0.3, 0.4) is 0 Å². The van der Waals surface area contributed by atoms with Gasteiger partial charge < -0.3 is 9.84 Å². The minimum Gasteiger partial charge on any atom is -0.507 e. The molecule has 1 aromatic carbocycles. The third kappa shape index (κ3) is 4.43. The van der Waals surface area contributed by atoms with Crippen LogP contribution in [0.2, 0.25) is 0 Å². The third-order valence-electron chi connectivity index (χ3n) is 2.32. The van der Waals surface area contributed by atoms with Crippen molar-refractivity contribution in [2.75, 3.05) is 7.11 Å². The van der Waals surface area contributed by atoms with E-state index >= 15 is 0 Å². The van der Waals surface area contributed by atoms with Crippen LogP contribution in [-0.2, 0) is 9.53 Å². The van der Waals surface area contributed by atoms with E-state index in [0.29, 0.717) is 5.56 Å². The molecule has 1 rings (SSSR count). The van der Waals surface area contributed by atoms with Gasteiger partial charge in [0.15, 0.2) is 5.78 Å². The highest BCUT2D eigenvalue weighted by atomic mass is 16.5. The summed E-state index contributed by atoms with van der Waals surface area (Å²) in [6.07, 6.45) is 4.22. The van der Waals surface area contributed by atoms with Gasteiger partial charge >= 0.3 is 5.97 Å². The smallest absolute Gasteiger partial charge is 0.330 e. The van der Waals surface area contributed by atoms with Gasteiger partial charge in [0.2, 0.25) is 0 Å². The summed E-state index contributed by atoms with van der Waals surface area (Å²) in [5.41, 5.74) is 1.68. The van der Waals surface area contributed by atoms with Crippen molar-refractivity contribution >= 4 is 17.8 Å². The van der Waals surface area contributed by atoms with Gasteiger partial charge in [0.25, 0.3) is 0 Å². The Balaban J connectivity index is 3.07. The fraction of sp³-hybridized carbons (Fsp3) is 0.200. The average Bonchev–Trinajstić information content (AvgIpc) is 2.36. The van der Waals surface area contributed by atoms with Crippen LogP contribution in [-0.4, -0.2) is 24.0 Å². The molecule has 100 valence electrons. The summed E-state index contributed by atoms with van der Waals surface area (Å²) in [7, 11) is 1.28. The molecule has 0 aliphatic carbocycles. The molecule has 0 aromatic heterocycles. The SMILES string of the molecule is COC(=O)C=Cc1ccc(O)c(C(=O)C=C(C)C)c1. The number of carbonyl (C=O) groups is 2. The molecule has 0 heterocycles. The maximum atomic E-state index is 11.9. The molecule has 0 unspecified atom stereocenters. The number of carbonyl (C=O) groups excluding carboxylic acids is 2. The van der Waals surface area contributed by atoms with Gasteiger partial charge in [-0.3, -0.25) is 4.79 Å². The Labute approximate surface area is 112 Å². The number of hydrogen-bond acceptors (Lipinski definition) is 4. The van der Waals surface area contributed by atoms with E-state index in [1.54, 1.807) is 19.9 Å². The van der Waals surface area contributed by atoms with E-state index in [1.165, 1.54) is 37.5 Å². The molecule has 0 bridgehead atoms. The van der Waals surface area contributed by atoms with Gasteiger partial charge in [-0.05, 0) is 43.7 Å². The topological polar surface area (TPSA) is 63.6 Å². The molecule has 1 aromatic rings. The Morgan fingerprint density at radius 2 is 1.95 bits per heavy atom. The van der Waals surface area contributed by atoms with Crippen LogP contribution < -0.4 is 0 Å². The number of hydrogen-bond donors (Lipinski definition) is 1. The summed E-state index contributed by atoms with van der Waals surface area (Å²) in [6, 6.07) is 4.55. The number of phenolic OH excluding ortho intramolecular Hbond substituents is 1. The van der Waals surface area contributed by atoms with Crippen LogP contribution in [0.4, 0.5) is 0 Å². The Kier molecular flexibility index (Phi) is 5.06. The van der Waals surface area contributed by atoms with E-state index in [1.807, 2.05) is 0 Å². The maximum absolute atomic E-state index is 11.9. The molecule has 0 radical (unpaired) electrons. The number of methoxy groups -OCH3 is 1. The summed E-state index contributed by atoms with van der Waals surface area (Å²) >= 11 is 0. The first-order chi connectivity index (χ1) is 8.93. The number of ether oxygens (including phenoxy) is 1. The number of esters is 1. The van der Waals surface area contributed by atoms with Crippen molar-refractivity contribution in [1.82, 2.24) is 0 Å². The van der Waals surface area contributed by atoms with E-state index in [2.05, 4.69) is 4.74 Å². The highest BCUT2D eigenvalue weighted by Gasteiger charge is 2.09. The lowest BCUT2D eigenvalue weighted by Gasteiger charge is -2.03. The van der Waals surface area contributed by atoms with E-state index in [4.69, 9.17) is 0 Å². The van der Waals surface area contributed by atoms with Crippen LogP contribution in [0.15, 0.2) is 35.9 Å². The van der Waals surface area contributed by atoms with Gasteiger partial charge in [0.05, 0.1) is 12.7 Å². The number of allylic oxidation sites excluding steroid dienone is 2. The van der Waals surface area contributed by atoms with Crippen molar-refractivity contribution in [3.63, 3.8) is 0 Å². The van der Waals surface area contributed by atoms with Crippen LogP contribution in [0.25, 0.3) is 6.08 Å². The Morgan fingerprint density at radius 1 is 1.26 bits per heavy atom. The fourth-order valence-corrected chi connectivity index (χ4v) is 1.43. The second-order valence-corrected chi connectivity index (χ2v) is 4.22. The molecule has 0 amide bonds. The number of benzene rings is 1. The molecule has 0 fully saturated rings. The molecule has 0 spiro atoms. The molecule has 0 saturated carbocycles. The molecule has 0 atom stereocenters. The quantitative estimate of drug-likeness (QED) is 0.513. The Morgan fingerprint density at radius 3 is 2.53 bits per heavy atom. The Hall–Kier alpha value is -2.36. The van der Waals surface area contributed by atoms with Gasteiger partial charge in [-0.2, -0.15) is 0 Å². The summed E-state index contributed by atoms with van der Waals surface area (Å²) < 4.78 is 4.47. The molecule has 0 saturated heterocycles. The lowest BCUT2D eigenvalue weighted by atomic mass is 10.0. The highest BCUT2D eigenvalue weighted by molar-refractivity contribution is 6.07. The fourth-order valence-electron chi connectivity index (χ4n) is 1.43. The van der Waals surface area contributed by atoms with E-state index in [0.717, 1.165) is 5.57 Å². The molecule has 19 heavy (non-hydrogen) atoms. The van der Waals surface area contributed by atoms with Crippen molar-refractivity contribution in [2.45, 2.75) is 13.8 Å². The van der Waals surface area contributed by atoms with Gasteiger partial charge in [-0.15, -0.1) is 0 Å². The zero-order chi connectivity index (χ0) is 14.4. The molecule has 0 aliphatic heterocycles. The minimum atomic E-state index is -0.481. The normalized spacial score (nSPS) is 10.3. The second-order valence-electron chi connectivity index (χ2n) is 4.22. The van der Waals surface area contributed by atoms with Crippen LogP contribution >= 0.6 is 0 Å². The number of ketones is 1. The Bertz CT molecular complexity index is 549. The van der Waals surface area contributed by atoms with Gasteiger partial charge in [0.1, 0.15) is 5.75 Å². The summed E-state index contributed by atoms with van der Waals surface area (Å²) in [5.74, 6) is -0.839.